The Bertz CT molecular complexity index is 885. The van der Waals surface area contributed by atoms with E-state index in [1.165, 1.54) is 36.4 Å². The van der Waals surface area contributed by atoms with E-state index in [4.69, 9.17) is 9.88 Å². The smallest absolute Gasteiger partial charge is 0.262 e. The predicted molar refractivity (Wildman–Crippen MR) is 92.7 cm³/mol. The standard InChI is InChI=1S/C16H18FN3O4S/c1-20(2)14-8-7-11(25(18,22)23)9-13(14)19-16(21)10-24-15-6-4-3-5-12(15)17/h3-9H,10H2,1-2H3,(H,19,21)(H2,18,22,23). The minimum absolute atomic E-state index is 0.0521. The number of ether oxygens (including phenoxy) is 1. The molecule has 9 heteroatoms. The van der Waals surface area contributed by atoms with Gasteiger partial charge in [-0.2, -0.15) is 0 Å². The van der Waals surface area contributed by atoms with E-state index in [9.17, 15) is 17.6 Å². The van der Waals surface area contributed by atoms with Crippen molar-refractivity contribution in [2.75, 3.05) is 30.9 Å². The Balaban J connectivity index is 2.17. The zero-order valence-corrected chi connectivity index (χ0v) is 14.5. The normalized spacial score (nSPS) is 11.0. The molecule has 2 aromatic carbocycles. The Labute approximate surface area is 145 Å². The molecule has 1 amide bonds. The predicted octanol–water partition coefficient (Wildman–Crippen LogP) is 1.56. The first kappa shape index (κ1) is 18.7. The summed E-state index contributed by atoms with van der Waals surface area (Å²) in [7, 11) is -0.448. The summed E-state index contributed by atoms with van der Waals surface area (Å²) < 4.78 is 41.6. The lowest BCUT2D eigenvalue weighted by Crippen LogP contribution is -2.23. The fourth-order valence-corrected chi connectivity index (χ4v) is 2.61. The van der Waals surface area contributed by atoms with E-state index < -0.39 is 28.4 Å². The highest BCUT2D eigenvalue weighted by atomic mass is 32.2. The summed E-state index contributed by atoms with van der Waals surface area (Å²) in [6.45, 7) is -0.437. The van der Waals surface area contributed by atoms with E-state index in [2.05, 4.69) is 5.32 Å². The molecule has 0 unspecified atom stereocenters. The van der Waals surface area contributed by atoms with Crippen molar-refractivity contribution in [3.8, 4) is 5.75 Å². The number of hydrogen-bond donors (Lipinski definition) is 2. The molecule has 25 heavy (non-hydrogen) atoms. The van der Waals surface area contributed by atoms with E-state index >= 15 is 0 Å². The SMILES string of the molecule is CN(C)c1ccc(S(N)(=O)=O)cc1NC(=O)COc1ccccc1F. The molecule has 3 N–H and O–H groups in total. The number of halogens is 1. The number of nitrogens with two attached hydrogens (primary N) is 1. The second kappa shape index (κ2) is 7.49. The van der Waals surface area contributed by atoms with Gasteiger partial charge in [-0.05, 0) is 30.3 Å². The fraction of sp³-hybridized carbons (Fsp3) is 0.188. The van der Waals surface area contributed by atoms with Gasteiger partial charge < -0.3 is 15.0 Å². The third-order valence-corrected chi connectivity index (χ3v) is 4.16. The van der Waals surface area contributed by atoms with Gasteiger partial charge in [0.2, 0.25) is 10.0 Å². The van der Waals surface area contributed by atoms with Crippen LogP contribution in [0.3, 0.4) is 0 Å². The van der Waals surface area contributed by atoms with Crippen LogP contribution in [0, 0.1) is 5.82 Å². The maximum Gasteiger partial charge on any atom is 0.262 e. The van der Waals surface area contributed by atoms with Gasteiger partial charge in [-0.1, -0.05) is 12.1 Å². The summed E-state index contributed by atoms with van der Waals surface area (Å²) in [5, 5.41) is 7.66. The zero-order chi connectivity index (χ0) is 18.6. The molecule has 0 atom stereocenters. The average molecular weight is 367 g/mol. The molecular formula is C16H18FN3O4S. The number of amides is 1. The van der Waals surface area contributed by atoms with Crippen LogP contribution in [-0.2, 0) is 14.8 Å². The van der Waals surface area contributed by atoms with E-state index in [0.717, 1.165) is 0 Å². The van der Waals surface area contributed by atoms with Gasteiger partial charge in [0, 0.05) is 14.1 Å². The number of rotatable bonds is 6. The third kappa shape index (κ3) is 4.91. The van der Waals surface area contributed by atoms with Gasteiger partial charge in [-0.3, -0.25) is 4.79 Å². The van der Waals surface area contributed by atoms with E-state index in [1.54, 1.807) is 25.1 Å². The first-order chi connectivity index (χ1) is 11.7. The molecular weight excluding hydrogens is 349 g/mol. The summed E-state index contributed by atoms with van der Waals surface area (Å²) in [6, 6.07) is 9.82. The van der Waals surface area contributed by atoms with Crippen molar-refractivity contribution >= 4 is 27.3 Å². The number of carbonyl (C=O) groups is 1. The van der Waals surface area contributed by atoms with E-state index in [-0.39, 0.29) is 16.3 Å². The lowest BCUT2D eigenvalue weighted by molar-refractivity contribution is -0.118. The highest BCUT2D eigenvalue weighted by molar-refractivity contribution is 7.89. The maximum absolute atomic E-state index is 13.5. The number of sulfonamides is 1. The number of primary sulfonamides is 1. The largest absolute Gasteiger partial charge is 0.481 e. The summed E-state index contributed by atoms with van der Waals surface area (Å²) in [4.78, 5) is 13.6. The Morgan fingerprint density at radius 3 is 2.52 bits per heavy atom. The van der Waals surface area contributed by atoms with Crippen molar-refractivity contribution < 1.29 is 22.3 Å². The number of para-hydroxylation sites is 1. The van der Waals surface area contributed by atoms with Crippen LogP contribution in [0.25, 0.3) is 0 Å². The molecule has 0 spiro atoms. The Hall–Kier alpha value is -2.65. The number of hydrogen-bond acceptors (Lipinski definition) is 5. The summed E-state index contributed by atoms with van der Waals surface area (Å²) in [5.74, 6) is -1.21. The molecule has 0 aliphatic heterocycles. The van der Waals surface area contributed by atoms with Gasteiger partial charge in [0.05, 0.1) is 16.3 Å². The molecule has 0 aliphatic carbocycles. The van der Waals surface area contributed by atoms with Gasteiger partial charge in [0.25, 0.3) is 5.91 Å². The van der Waals surface area contributed by atoms with E-state index in [1.807, 2.05) is 0 Å². The molecule has 2 rings (SSSR count). The lowest BCUT2D eigenvalue weighted by Gasteiger charge is -2.19. The lowest BCUT2D eigenvalue weighted by atomic mass is 10.2. The Morgan fingerprint density at radius 1 is 1.24 bits per heavy atom. The van der Waals surface area contributed by atoms with Crippen LogP contribution >= 0.6 is 0 Å². The molecule has 0 bridgehead atoms. The first-order valence-corrected chi connectivity index (χ1v) is 8.74. The molecule has 0 saturated heterocycles. The Kier molecular flexibility index (Phi) is 5.60. The van der Waals surface area contributed by atoms with Crippen LogP contribution in [0.4, 0.5) is 15.8 Å². The van der Waals surface area contributed by atoms with E-state index in [0.29, 0.717) is 5.69 Å². The highest BCUT2D eigenvalue weighted by Gasteiger charge is 2.15. The molecule has 7 nitrogen and oxygen atoms in total. The summed E-state index contributed by atoms with van der Waals surface area (Å²) in [5.41, 5.74) is 0.824. The van der Waals surface area contributed by atoms with Gasteiger partial charge in [0.15, 0.2) is 18.2 Å². The van der Waals surface area contributed by atoms with Gasteiger partial charge >= 0.3 is 0 Å². The zero-order valence-electron chi connectivity index (χ0n) is 13.7. The van der Waals surface area contributed by atoms with Crippen molar-refractivity contribution in [3.05, 3.63) is 48.3 Å². The molecule has 0 radical (unpaired) electrons. The third-order valence-electron chi connectivity index (χ3n) is 3.25. The topological polar surface area (TPSA) is 102 Å². The average Bonchev–Trinajstić information content (AvgIpc) is 2.53. The van der Waals surface area contributed by atoms with Crippen LogP contribution in [0.2, 0.25) is 0 Å². The number of nitrogens with one attached hydrogen (secondary N) is 1. The molecule has 0 saturated carbocycles. The highest BCUT2D eigenvalue weighted by Crippen LogP contribution is 2.27. The number of benzene rings is 2. The molecule has 0 fully saturated rings. The molecule has 0 heterocycles. The van der Waals surface area contributed by atoms with Gasteiger partial charge in [-0.25, -0.2) is 17.9 Å². The monoisotopic (exact) mass is 367 g/mol. The fourth-order valence-electron chi connectivity index (χ4n) is 2.07. The van der Waals surface area contributed by atoms with Gasteiger partial charge in [-0.15, -0.1) is 0 Å². The Morgan fingerprint density at radius 2 is 1.92 bits per heavy atom. The minimum Gasteiger partial charge on any atom is -0.481 e. The summed E-state index contributed by atoms with van der Waals surface area (Å²) >= 11 is 0. The van der Waals surface area contributed by atoms with Crippen molar-refractivity contribution in [1.82, 2.24) is 0 Å². The van der Waals surface area contributed by atoms with Crippen molar-refractivity contribution in [2.45, 2.75) is 4.90 Å². The second-order valence-corrected chi connectivity index (χ2v) is 6.95. The van der Waals surface area contributed by atoms with Crippen molar-refractivity contribution in [1.29, 1.82) is 0 Å². The maximum atomic E-state index is 13.5. The molecule has 2 aromatic rings. The van der Waals surface area contributed by atoms with Crippen LogP contribution in [-0.4, -0.2) is 35.0 Å². The van der Waals surface area contributed by atoms with Gasteiger partial charge in [0.1, 0.15) is 0 Å². The van der Waals surface area contributed by atoms with Crippen molar-refractivity contribution in [3.63, 3.8) is 0 Å². The first-order valence-electron chi connectivity index (χ1n) is 7.20. The second-order valence-electron chi connectivity index (χ2n) is 5.39. The van der Waals surface area contributed by atoms with Crippen LogP contribution in [0.15, 0.2) is 47.4 Å². The van der Waals surface area contributed by atoms with Crippen molar-refractivity contribution in [2.24, 2.45) is 5.14 Å². The number of nitrogens with zero attached hydrogens (tertiary/aromatic N) is 1. The molecule has 0 aliphatic rings. The number of carbonyl (C=O) groups excluding carboxylic acids is 1. The summed E-state index contributed by atoms with van der Waals surface area (Å²) in [6.07, 6.45) is 0. The van der Waals surface area contributed by atoms with Crippen LogP contribution in [0.5, 0.6) is 5.75 Å². The molecule has 134 valence electrons. The molecule has 0 aromatic heterocycles. The minimum atomic E-state index is -3.92. The van der Waals surface area contributed by atoms with Crippen LogP contribution in [0.1, 0.15) is 0 Å². The quantitative estimate of drug-likeness (QED) is 0.807. The van der Waals surface area contributed by atoms with Crippen LogP contribution < -0.4 is 20.1 Å². The number of anilines is 2.